The quantitative estimate of drug-likeness (QED) is 0.350. The van der Waals surface area contributed by atoms with E-state index in [0.29, 0.717) is 6.54 Å². The average molecular weight is 489 g/mol. The third kappa shape index (κ3) is 6.78. The van der Waals surface area contributed by atoms with E-state index in [4.69, 9.17) is 4.74 Å². The summed E-state index contributed by atoms with van der Waals surface area (Å²) in [5.74, 6) is 1.73. The molecule has 6 nitrogen and oxygen atoms in total. The predicted octanol–water partition coefficient (Wildman–Crippen LogP) is 3.25. The van der Waals surface area contributed by atoms with Crippen molar-refractivity contribution in [1.82, 2.24) is 20.5 Å². The first kappa shape index (κ1) is 23.9. The van der Waals surface area contributed by atoms with E-state index in [-0.39, 0.29) is 24.0 Å². The van der Waals surface area contributed by atoms with Gasteiger partial charge in [-0.25, -0.2) is 0 Å². The van der Waals surface area contributed by atoms with E-state index >= 15 is 0 Å². The van der Waals surface area contributed by atoms with Gasteiger partial charge in [-0.05, 0) is 39.7 Å². The van der Waals surface area contributed by atoms with Gasteiger partial charge in [0, 0.05) is 43.5 Å². The van der Waals surface area contributed by atoms with Crippen LogP contribution in [0.5, 0.6) is 5.75 Å². The van der Waals surface area contributed by atoms with Crippen LogP contribution in [0.25, 0.3) is 0 Å². The van der Waals surface area contributed by atoms with Gasteiger partial charge in [-0.15, -0.1) is 24.0 Å². The maximum absolute atomic E-state index is 5.48. The molecular formula is C20H36IN5O. The summed E-state index contributed by atoms with van der Waals surface area (Å²) in [6.07, 6.45) is 7.14. The zero-order valence-electron chi connectivity index (χ0n) is 17.5. The van der Waals surface area contributed by atoms with Gasteiger partial charge in [0.2, 0.25) is 0 Å². The fraction of sp³-hybridized carbons (Fsp3) is 0.700. The molecule has 2 rings (SSSR count). The van der Waals surface area contributed by atoms with Crippen LogP contribution in [-0.2, 0) is 6.54 Å². The predicted molar refractivity (Wildman–Crippen MR) is 123 cm³/mol. The Kier molecular flexibility index (Phi) is 11.0. The van der Waals surface area contributed by atoms with Crippen LogP contribution in [0.2, 0.25) is 0 Å². The molecule has 0 spiro atoms. The Bertz CT molecular complexity index is 608. The number of nitrogens with one attached hydrogen (secondary N) is 2. The zero-order valence-corrected chi connectivity index (χ0v) is 19.8. The first-order valence-electron chi connectivity index (χ1n) is 9.78. The summed E-state index contributed by atoms with van der Waals surface area (Å²) in [6, 6.07) is 0.743. The number of guanidine groups is 1. The molecule has 27 heavy (non-hydrogen) atoms. The number of ether oxygens (including phenoxy) is 1. The molecular weight excluding hydrogens is 453 g/mol. The number of nitrogens with zero attached hydrogens (tertiary/aromatic N) is 3. The molecule has 0 aliphatic carbocycles. The third-order valence-corrected chi connectivity index (χ3v) is 5.31. The fourth-order valence-corrected chi connectivity index (χ4v) is 3.77. The van der Waals surface area contributed by atoms with Crippen LogP contribution in [0, 0.1) is 13.8 Å². The van der Waals surface area contributed by atoms with E-state index in [2.05, 4.69) is 32.4 Å². The van der Waals surface area contributed by atoms with Crippen molar-refractivity contribution in [1.29, 1.82) is 0 Å². The van der Waals surface area contributed by atoms with Crippen molar-refractivity contribution in [3.63, 3.8) is 0 Å². The van der Waals surface area contributed by atoms with Gasteiger partial charge in [-0.1, -0.05) is 13.3 Å². The third-order valence-electron chi connectivity index (χ3n) is 5.31. The van der Waals surface area contributed by atoms with Crippen LogP contribution in [0.3, 0.4) is 0 Å². The number of aromatic nitrogens is 1. The minimum absolute atomic E-state index is 0. The Balaban J connectivity index is 0.00000364. The Morgan fingerprint density at radius 3 is 2.78 bits per heavy atom. The van der Waals surface area contributed by atoms with Crippen LogP contribution < -0.4 is 15.4 Å². The highest BCUT2D eigenvalue weighted by atomic mass is 127. The molecule has 1 aromatic heterocycles. The van der Waals surface area contributed by atoms with Gasteiger partial charge in [0.1, 0.15) is 5.75 Å². The zero-order chi connectivity index (χ0) is 18.9. The number of hydrogen-bond acceptors (Lipinski definition) is 4. The normalized spacial score (nSPS) is 18.0. The first-order chi connectivity index (χ1) is 12.6. The highest BCUT2D eigenvalue weighted by Gasteiger charge is 2.20. The lowest BCUT2D eigenvalue weighted by Gasteiger charge is -2.35. The number of piperidine rings is 1. The monoisotopic (exact) mass is 489 g/mol. The van der Waals surface area contributed by atoms with Crippen molar-refractivity contribution in [2.24, 2.45) is 4.99 Å². The number of rotatable bonds is 7. The van der Waals surface area contributed by atoms with Crippen molar-refractivity contribution in [3.05, 3.63) is 23.0 Å². The number of hydrogen-bond donors (Lipinski definition) is 2. The minimum Gasteiger partial charge on any atom is -0.496 e. The molecule has 1 aliphatic heterocycles. The SMILES string of the molecule is CCC1CCCCN1CCNC(=NC)NCc1ncc(C)c(OC)c1C.I. The van der Waals surface area contributed by atoms with E-state index < -0.39 is 0 Å². The maximum atomic E-state index is 5.48. The lowest BCUT2D eigenvalue weighted by molar-refractivity contribution is 0.147. The van der Waals surface area contributed by atoms with E-state index in [9.17, 15) is 0 Å². The number of likely N-dealkylation sites (tertiary alicyclic amines) is 1. The Morgan fingerprint density at radius 1 is 1.33 bits per heavy atom. The van der Waals surface area contributed by atoms with Crippen LogP contribution in [0.15, 0.2) is 11.2 Å². The highest BCUT2D eigenvalue weighted by Crippen LogP contribution is 2.23. The first-order valence-corrected chi connectivity index (χ1v) is 9.78. The van der Waals surface area contributed by atoms with Crippen LogP contribution in [0.1, 0.15) is 49.4 Å². The van der Waals surface area contributed by atoms with E-state index in [1.165, 1.54) is 32.2 Å². The summed E-state index contributed by atoms with van der Waals surface area (Å²) < 4.78 is 5.48. The molecule has 0 bridgehead atoms. The minimum atomic E-state index is 0. The Morgan fingerprint density at radius 2 is 2.11 bits per heavy atom. The van der Waals surface area contributed by atoms with Crippen molar-refractivity contribution in [2.45, 2.75) is 59.0 Å². The molecule has 1 saturated heterocycles. The molecule has 1 atom stereocenters. The second-order valence-corrected chi connectivity index (χ2v) is 6.99. The van der Waals surface area contributed by atoms with E-state index in [1.807, 2.05) is 20.0 Å². The summed E-state index contributed by atoms with van der Waals surface area (Å²) >= 11 is 0. The molecule has 0 aromatic carbocycles. The molecule has 1 aromatic rings. The molecule has 0 amide bonds. The van der Waals surface area contributed by atoms with Crippen LogP contribution >= 0.6 is 24.0 Å². The molecule has 7 heteroatoms. The van der Waals surface area contributed by atoms with Crippen molar-refractivity contribution >= 4 is 29.9 Å². The second kappa shape index (κ2) is 12.4. The average Bonchev–Trinajstić information content (AvgIpc) is 2.66. The van der Waals surface area contributed by atoms with Crippen molar-refractivity contribution in [3.8, 4) is 5.75 Å². The number of aliphatic imine (C=N–C) groups is 1. The lowest BCUT2D eigenvalue weighted by Crippen LogP contribution is -2.45. The van der Waals surface area contributed by atoms with Crippen molar-refractivity contribution in [2.75, 3.05) is 33.8 Å². The fourth-order valence-electron chi connectivity index (χ4n) is 3.77. The van der Waals surface area contributed by atoms with Crippen molar-refractivity contribution < 1.29 is 4.74 Å². The lowest BCUT2D eigenvalue weighted by atomic mass is 10.0. The number of aryl methyl sites for hydroxylation is 1. The van der Waals surface area contributed by atoms with E-state index in [0.717, 1.165) is 47.7 Å². The molecule has 0 saturated carbocycles. The van der Waals surface area contributed by atoms with Gasteiger partial charge in [-0.3, -0.25) is 14.9 Å². The summed E-state index contributed by atoms with van der Waals surface area (Å²) in [5.41, 5.74) is 3.12. The molecule has 154 valence electrons. The van der Waals surface area contributed by atoms with E-state index in [1.54, 1.807) is 14.2 Å². The summed E-state index contributed by atoms with van der Waals surface area (Å²) in [5, 5.41) is 6.79. The topological polar surface area (TPSA) is 61.8 Å². The van der Waals surface area contributed by atoms with Gasteiger partial charge in [-0.2, -0.15) is 0 Å². The molecule has 2 N–H and O–H groups in total. The Labute approximate surface area is 181 Å². The largest absolute Gasteiger partial charge is 0.496 e. The second-order valence-electron chi connectivity index (χ2n) is 6.99. The standard InChI is InChI=1S/C20H35N5O.HI/c1-6-17-9-7-8-11-25(17)12-10-22-20(21-4)24-14-18-16(3)19(26-5)15(2)13-23-18;/h13,17H,6-12,14H2,1-5H3,(H2,21,22,24);1H. The van der Waals surface area contributed by atoms with Gasteiger partial charge < -0.3 is 15.4 Å². The summed E-state index contributed by atoms with van der Waals surface area (Å²) in [4.78, 5) is 11.5. The highest BCUT2D eigenvalue weighted by molar-refractivity contribution is 14.0. The number of halogens is 1. The van der Waals surface area contributed by atoms with Gasteiger partial charge in [0.15, 0.2) is 5.96 Å². The molecule has 2 heterocycles. The van der Waals surface area contributed by atoms with Gasteiger partial charge in [0.05, 0.1) is 19.3 Å². The molecule has 0 radical (unpaired) electrons. The number of pyridine rings is 1. The summed E-state index contributed by atoms with van der Waals surface area (Å²) in [7, 11) is 3.51. The molecule has 1 aliphatic rings. The molecule has 1 fully saturated rings. The Hall–Kier alpha value is -1.09. The smallest absolute Gasteiger partial charge is 0.191 e. The van der Waals surface area contributed by atoms with Crippen LogP contribution in [0.4, 0.5) is 0 Å². The summed E-state index contributed by atoms with van der Waals surface area (Å²) in [6.45, 7) is 10.2. The molecule has 1 unspecified atom stereocenters. The van der Waals surface area contributed by atoms with Crippen LogP contribution in [-0.4, -0.2) is 55.7 Å². The van der Waals surface area contributed by atoms with Gasteiger partial charge >= 0.3 is 0 Å². The maximum Gasteiger partial charge on any atom is 0.191 e. The van der Waals surface area contributed by atoms with Gasteiger partial charge in [0.25, 0.3) is 0 Å². The number of methoxy groups -OCH3 is 1.